The summed E-state index contributed by atoms with van der Waals surface area (Å²) < 4.78 is 5.66. The number of nitro benzene ring substituents is 1. The van der Waals surface area contributed by atoms with E-state index in [1.807, 2.05) is 12.1 Å². The topological polar surface area (TPSA) is 78.2 Å². The van der Waals surface area contributed by atoms with Crippen molar-refractivity contribution in [2.24, 2.45) is 0 Å². The number of rotatable bonds is 4. The minimum Gasteiger partial charge on any atom is -0.472 e. The Morgan fingerprint density at radius 2 is 1.91 bits per heavy atom. The predicted octanol–water partition coefficient (Wildman–Crippen LogP) is 3.77. The van der Waals surface area contributed by atoms with Crippen LogP contribution < -0.4 is 4.74 Å². The van der Waals surface area contributed by atoms with E-state index in [0.29, 0.717) is 21.8 Å². The Kier molecular flexibility index (Phi) is 3.84. The SMILES string of the molecule is O=[N+]([O-])c1ccc2ncnc(OCc3ccc(Cl)cc3)c2c1. The molecule has 0 aliphatic rings. The lowest BCUT2D eigenvalue weighted by atomic mass is 10.2. The fraction of sp³-hybridized carbons (Fsp3) is 0.0667. The molecule has 3 rings (SSSR count). The van der Waals surface area contributed by atoms with Gasteiger partial charge < -0.3 is 4.74 Å². The van der Waals surface area contributed by atoms with Crippen molar-refractivity contribution in [2.75, 3.05) is 0 Å². The average molecular weight is 316 g/mol. The lowest BCUT2D eigenvalue weighted by Crippen LogP contribution is -1.99. The third-order valence-electron chi connectivity index (χ3n) is 3.08. The fourth-order valence-electron chi connectivity index (χ4n) is 1.98. The van der Waals surface area contributed by atoms with Gasteiger partial charge in [-0.2, -0.15) is 0 Å². The molecule has 0 aliphatic carbocycles. The Morgan fingerprint density at radius 1 is 1.14 bits per heavy atom. The van der Waals surface area contributed by atoms with Crippen LogP contribution in [0, 0.1) is 10.1 Å². The molecule has 0 aliphatic heterocycles. The molecule has 2 aromatic carbocycles. The van der Waals surface area contributed by atoms with Gasteiger partial charge in [-0.1, -0.05) is 23.7 Å². The van der Waals surface area contributed by atoms with Crippen LogP contribution in [0.15, 0.2) is 48.8 Å². The molecule has 0 spiro atoms. The van der Waals surface area contributed by atoms with Gasteiger partial charge in [0, 0.05) is 17.2 Å². The molecule has 3 aromatic rings. The number of hydrogen-bond acceptors (Lipinski definition) is 5. The van der Waals surface area contributed by atoms with Gasteiger partial charge in [0.2, 0.25) is 5.88 Å². The molecule has 0 unspecified atom stereocenters. The van der Waals surface area contributed by atoms with Crippen molar-refractivity contribution in [1.82, 2.24) is 9.97 Å². The van der Waals surface area contributed by atoms with Crippen molar-refractivity contribution in [3.8, 4) is 5.88 Å². The van der Waals surface area contributed by atoms with Gasteiger partial charge in [0.1, 0.15) is 12.9 Å². The van der Waals surface area contributed by atoms with Crippen LogP contribution in [-0.4, -0.2) is 14.9 Å². The van der Waals surface area contributed by atoms with E-state index in [4.69, 9.17) is 16.3 Å². The number of non-ortho nitro benzene ring substituents is 1. The zero-order chi connectivity index (χ0) is 15.5. The molecule has 0 bridgehead atoms. The van der Waals surface area contributed by atoms with E-state index < -0.39 is 4.92 Å². The van der Waals surface area contributed by atoms with Gasteiger partial charge in [0.25, 0.3) is 5.69 Å². The van der Waals surface area contributed by atoms with Crippen LogP contribution in [0.5, 0.6) is 5.88 Å². The first-order chi connectivity index (χ1) is 10.6. The maximum Gasteiger partial charge on any atom is 0.270 e. The Hall–Kier alpha value is -2.73. The smallest absolute Gasteiger partial charge is 0.270 e. The summed E-state index contributed by atoms with van der Waals surface area (Å²) in [5, 5.41) is 12.0. The van der Waals surface area contributed by atoms with Crippen molar-refractivity contribution >= 4 is 28.2 Å². The van der Waals surface area contributed by atoms with Crippen LogP contribution in [-0.2, 0) is 6.61 Å². The Labute approximate surface area is 130 Å². The Balaban J connectivity index is 1.90. The van der Waals surface area contributed by atoms with Crippen molar-refractivity contribution in [3.63, 3.8) is 0 Å². The zero-order valence-electron chi connectivity index (χ0n) is 11.3. The molecule has 0 amide bonds. The molecule has 0 fully saturated rings. The summed E-state index contributed by atoms with van der Waals surface area (Å²) in [6.45, 7) is 0.284. The lowest BCUT2D eigenvalue weighted by molar-refractivity contribution is -0.384. The van der Waals surface area contributed by atoms with Crippen molar-refractivity contribution in [1.29, 1.82) is 0 Å². The van der Waals surface area contributed by atoms with Gasteiger partial charge in [-0.25, -0.2) is 9.97 Å². The highest BCUT2D eigenvalue weighted by Crippen LogP contribution is 2.26. The summed E-state index contributed by atoms with van der Waals surface area (Å²) in [5.41, 5.74) is 1.48. The highest BCUT2D eigenvalue weighted by Gasteiger charge is 2.11. The highest BCUT2D eigenvalue weighted by atomic mass is 35.5. The van der Waals surface area contributed by atoms with E-state index in [0.717, 1.165) is 5.56 Å². The lowest BCUT2D eigenvalue weighted by Gasteiger charge is -2.07. The second kappa shape index (κ2) is 5.95. The van der Waals surface area contributed by atoms with Gasteiger partial charge in [0.15, 0.2) is 0 Å². The summed E-state index contributed by atoms with van der Waals surface area (Å²) >= 11 is 5.83. The number of benzene rings is 2. The first-order valence-corrected chi connectivity index (χ1v) is 6.78. The molecule has 110 valence electrons. The Bertz CT molecular complexity index is 837. The normalized spacial score (nSPS) is 10.6. The first-order valence-electron chi connectivity index (χ1n) is 6.40. The van der Waals surface area contributed by atoms with E-state index in [1.165, 1.54) is 18.5 Å². The quantitative estimate of drug-likeness (QED) is 0.541. The molecule has 0 atom stereocenters. The maximum atomic E-state index is 10.9. The van der Waals surface area contributed by atoms with E-state index >= 15 is 0 Å². The monoisotopic (exact) mass is 315 g/mol. The van der Waals surface area contributed by atoms with Gasteiger partial charge in [-0.05, 0) is 23.8 Å². The minimum absolute atomic E-state index is 0.0290. The van der Waals surface area contributed by atoms with Crippen LogP contribution in [0.25, 0.3) is 10.9 Å². The second-order valence-electron chi connectivity index (χ2n) is 4.55. The average Bonchev–Trinajstić information content (AvgIpc) is 2.53. The second-order valence-corrected chi connectivity index (χ2v) is 4.99. The van der Waals surface area contributed by atoms with Gasteiger partial charge in [0.05, 0.1) is 15.8 Å². The predicted molar refractivity (Wildman–Crippen MR) is 82.0 cm³/mol. The van der Waals surface area contributed by atoms with Crippen molar-refractivity contribution in [3.05, 3.63) is 69.5 Å². The summed E-state index contributed by atoms with van der Waals surface area (Å²) in [7, 11) is 0. The first kappa shape index (κ1) is 14.2. The number of ether oxygens (including phenoxy) is 1. The molecule has 1 heterocycles. The molecule has 1 aromatic heterocycles. The molecule has 7 heteroatoms. The van der Waals surface area contributed by atoms with Crippen LogP contribution in [0.1, 0.15) is 5.56 Å². The number of aromatic nitrogens is 2. The van der Waals surface area contributed by atoms with Crippen LogP contribution in [0.2, 0.25) is 5.02 Å². The van der Waals surface area contributed by atoms with Gasteiger partial charge >= 0.3 is 0 Å². The largest absolute Gasteiger partial charge is 0.472 e. The molecule has 0 radical (unpaired) electrons. The van der Waals surface area contributed by atoms with E-state index in [-0.39, 0.29) is 12.3 Å². The number of hydrogen-bond donors (Lipinski definition) is 0. The maximum absolute atomic E-state index is 10.9. The summed E-state index contributed by atoms with van der Waals surface area (Å²) in [5.74, 6) is 0.309. The number of nitrogens with zero attached hydrogens (tertiary/aromatic N) is 3. The van der Waals surface area contributed by atoms with E-state index in [2.05, 4.69) is 9.97 Å². The molecular formula is C15H10ClN3O3. The van der Waals surface area contributed by atoms with Crippen molar-refractivity contribution in [2.45, 2.75) is 6.61 Å². The summed E-state index contributed by atoms with van der Waals surface area (Å²) in [4.78, 5) is 18.6. The van der Waals surface area contributed by atoms with Gasteiger partial charge in [-0.15, -0.1) is 0 Å². The summed E-state index contributed by atoms with van der Waals surface area (Å²) in [6.07, 6.45) is 1.37. The highest BCUT2D eigenvalue weighted by molar-refractivity contribution is 6.30. The minimum atomic E-state index is -0.463. The molecule has 22 heavy (non-hydrogen) atoms. The molecular weight excluding hydrogens is 306 g/mol. The number of fused-ring (bicyclic) bond motifs is 1. The molecule has 0 saturated heterocycles. The van der Waals surface area contributed by atoms with E-state index in [9.17, 15) is 10.1 Å². The third kappa shape index (κ3) is 2.96. The van der Waals surface area contributed by atoms with Crippen LogP contribution >= 0.6 is 11.6 Å². The van der Waals surface area contributed by atoms with Gasteiger partial charge in [-0.3, -0.25) is 10.1 Å². The van der Waals surface area contributed by atoms with Crippen molar-refractivity contribution < 1.29 is 9.66 Å². The molecule has 0 saturated carbocycles. The number of nitro groups is 1. The third-order valence-corrected chi connectivity index (χ3v) is 3.33. The Morgan fingerprint density at radius 3 is 2.64 bits per heavy atom. The summed E-state index contributed by atoms with van der Waals surface area (Å²) in [6, 6.07) is 11.6. The van der Waals surface area contributed by atoms with Crippen LogP contribution in [0.3, 0.4) is 0 Å². The van der Waals surface area contributed by atoms with E-state index in [1.54, 1.807) is 18.2 Å². The zero-order valence-corrected chi connectivity index (χ0v) is 12.0. The number of halogens is 1. The standard InChI is InChI=1S/C15H10ClN3O3/c16-11-3-1-10(2-4-11)8-22-15-13-7-12(19(20)21)5-6-14(13)17-9-18-15/h1-7,9H,8H2. The fourth-order valence-corrected chi connectivity index (χ4v) is 2.11. The molecule has 0 N–H and O–H groups in total. The molecule has 6 nitrogen and oxygen atoms in total. The van der Waals surface area contributed by atoms with Crippen LogP contribution in [0.4, 0.5) is 5.69 Å².